The molecule has 1 aromatic heterocycles. The van der Waals surface area contributed by atoms with E-state index < -0.39 is 0 Å². The van der Waals surface area contributed by atoms with Gasteiger partial charge in [0.05, 0.1) is 0 Å². The van der Waals surface area contributed by atoms with E-state index in [0.717, 1.165) is 11.2 Å². The van der Waals surface area contributed by atoms with E-state index in [0.29, 0.717) is 0 Å². The SMILES string of the molecule is c1ccc2cc(-c3ccc(-c4c5ccccc5c(-c5cc6oc7ccc8ccccc8c7c6c6ccccc56)c5ccccc45)c4ccccc34)ccc2c1. The first kappa shape index (κ1) is 30.3. The van der Waals surface area contributed by atoms with Crippen LogP contribution in [0.2, 0.25) is 0 Å². The molecule has 0 aliphatic heterocycles. The smallest absolute Gasteiger partial charge is 0.136 e. The van der Waals surface area contributed by atoms with E-state index in [9.17, 15) is 0 Å². The van der Waals surface area contributed by atoms with Gasteiger partial charge in [0.15, 0.2) is 0 Å². The molecule has 254 valence electrons. The number of hydrogen-bond donors (Lipinski definition) is 0. The molecule has 0 saturated carbocycles. The van der Waals surface area contributed by atoms with Gasteiger partial charge in [-0.05, 0) is 116 Å². The summed E-state index contributed by atoms with van der Waals surface area (Å²) in [7, 11) is 0. The molecule has 0 spiro atoms. The standard InChI is InChI=1S/C54H32O/c1-2-15-35-31-36(26-25-33(35)13-1)37-28-29-47(40-18-6-5-17-39(37)40)51-43-21-9-11-23-45(43)52(46-24-12-10-22-44(46)51)48-32-50-54(42-20-8-7-19-41(42)48)53-38-16-4-3-14-34(38)27-30-49(53)55-50/h1-32H. The normalized spacial score (nSPS) is 12.0. The van der Waals surface area contributed by atoms with Crippen LogP contribution >= 0.6 is 0 Å². The van der Waals surface area contributed by atoms with Crippen molar-refractivity contribution in [2.45, 2.75) is 0 Å². The Balaban J connectivity index is 1.16. The molecule has 1 nitrogen and oxygen atoms in total. The predicted molar refractivity (Wildman–Crippen MR) is 235 cm³/mol. The lowest BCUT2D eigenvalue weighted by atomic mass is 9.82. The molecular formula is C54H32O. The quantitative estimate of drug-likeness (QED) is 0.168. The number of rotatable bonds is 3. The van der Waals surface area contributed by atoms with Crippen molar-refractivity contribution in [1.29, 1.82) is 0 Å². The topological polar surface area (TPSA) is 13.1 Å². The summed E-state index contributed by atoms with van der Waals surface area (Å²) in [4.78, 5) is 0. The van der Waals surface area contributed by atoms with Gasteiger partial charge in [-0.2, -0.15) is 0 Å². The monoisotopic (exact) mass is 696 g/mol. The minimum absolute atomic E-state index is 0.910. The minimum Gasteiger partial charge on any atom is -0.456 e. The Morgan fingerprint density at radius 2 is 0.709 bits per heavy atom. The van der Waals surface area contributed by atoms with Crippen molar-refractivity contribution < 1.29 is 4.42 Å². The molecule has 0 bridgehead atoms. The van der Waals surface area contributed by atoms with E-state index in [-0.39, 0.29) is 0 Å². The zero-order valence-corrected chi connectivity index (χ0v) is 29.9. The van der Waals surface area contributed by atoms with Gasteiger partial charge in [0.2, 0.25) is 0 Å². The van der Waals surface area contributed by atoms with Crippen LogP contribution in [0.25, 0.3) is 120 Å². The fraction of sp³-hybridized carbons (Fsp3) is 0. The Bertz CT molecular complexity index is 3490. The third kappa shape index (κ3) is 4.41. The molecule has 0 amide bonds. The second-order valence-corrected chi connectivity index (χ2v) is 14.7. The summed E-state index contributed by atoms with van der Waals surface area (Å²) in [5, 5.41) is 17.2. The van der Waals surface area contributed by atoms with Gasteiger partial charge < -0.3 is 4.42 Å². The highest BCUT2D eigenvalue weighted by molar-refractivity contribution is 6.31. The molecule has 0 saturated heterocycles. The van der Waals surface area contributed by atoms with Crippen molar-refractivity contribution in [3.63, 3.8) is 0 Å². The van der Waals surface area contributed by atoms with Crippen LogP contribution in [0, 0.1) is 0 Å². The average molecular weight is 697 g/mol. The maximum Gasteiger partial charge on any atom is 0.136 e. The Labute approximate surface area is 317 Å². The van der Waals surface area contributed by atoms with Crippen LogP contribution in [-0.4, -0.2) is 0 Å². The third-order valence-electron chi connectivity index (χ3n) is 11.8. The number of hydrogen-bond acceptors (Lipinski definition) is 1. The highest BCUT2D eigenvalue weighted by atomic mass is 16.3. The molecule has 1 heteroatoms. The average Bonchev–Trinajstić information content (AvgIpc) is 3.64. The van der Waals surface area contributed by atoms with E-state index in [1.165, 1.54) is 109 Å². The molecule has 0 fully saturated rings. The third-order valence-corrected chi connectivity index (χ3v) is 11.8. The summed E-state index contributed by atoms with van der Waals surface area (Å²) >= 11 is 0. The van der Waals surface area contributed by atoms with Gasteiger partial charge in [-0.3, -0.25) is 0 Å². The van der Waals surface area contributed by atoms with Crippen molar-refractivity contribution in [2.24, 2.45) is 0 Å². The van der Waals surface area contributed by atoms with E-state index in [4.69, 9.17) is 4.42 Å². The summed E-state index contributed by atoms with van der Waals surface area (Å²) in [5.74, 6) is 0. The van der Waals surface area contributed by atoms with Crippen LogP contribution < -0.4 is 0 Å². The molecule has 12 aromatic rings. The van der Waals surface area contributed by atoms with Crippen LogP contribution in [0.15, 0.2) is 199 Å². The van der Waals surface area contributed by atoms with E-state index in [1.54, 1.807) is 0 Å². The fourth-order valence-electron chi connectivity index (χ4n) is 9.44. The highest BCUT2D eigenvalue weighted by Crippen LogP contribution is 2.49. The first-order valence-electron chi connectivity index (χ1n) is 19.0. The number of benzene rings is 11. The molecule has 0 unspecified atom stereocenters. The highest BCUT2D eigenvalue weighted by Gasteiger charge is 2.22. The molecule has 0 atom stereocenters. The van der Waals surface area contributed by atoms with E-state index in [1.807, 2.05) is 0 Å². The second-order valence-electron chi connectivity index (χ2n) is 14.7. The molecule has 0 radical (unpaired) electrons. The summed E-state index contributed by atoms with van der Waals surface area (Å²) in [6, 6.07) is 71.0. The zero-order valence-electron chi connectivity index (χ0n) is 29.9. The van der Waals surface area contributed by atoms with E-state index >= 15 is 0 Å². The molecule has 0 aliphatic rings. The Morgan fingerprint density at radius 3 is 1.38 bits per heavy atom. The lowest BCUT2D eigenvalue weighted by Crippen LogP contribution is -1.93. The van der Waals surface area contributed by atoms with Gasteiger partial charge >= 0.3 is 0 Å². The van der Waals surface area contributed by atoms with Crippen LogP contribution in [0.5, 0.6) is 0 Å². The van der Waals surface area contributed by atoms with Gasteiger partial charge in [0.25, 0.3) is 0 Å². The first-order valence-corrected chi connectivity index (χ1v) is 19.0. The summed E-state index contributed by atoms with van der Waals surface area (Å²) in [5.41, 5.74) is 9.21. The second kappa shape index (κ2) is 11.6. The Hall–Kier alpha value is -7.22. The van der Waals surface area contributed by atoms with Gasteiger partial charge in [0.1, 0.15) is 11.2 Å². The maximum absolute atomic E-state index is 6.77. The predicted octanol–water partition coefficient (Wildman–Crippen LogP) is 15.5. The minimum atomic E-state index is 0.910. The lowest BCUT2D eigenvalue weighted by Gasteiger charge is -2.20. The summed E-state index contributed by atoms with van der Waals surface area (Å²) in [6.07, 6.45) is 0. The van der Waals surface area contributed by atoms with Crippen molar-refractivity contribution in [2.75, 3.05) is 0 Å². The Morgan fingerprint density at radius 1 is 0.255 bits per heavy atom. The van der Waals surface area contributed by atoms with Gasteiger partial charge in [-0.1, -0.05) is 176 Å². The molecule has 0 aliphatic carbocycles. The molecular weight excluding hydrogens is 665 g/mol. The van der Waals surface area contributed by atoms with Crippen LogP contribution in [0.3, 0.4) is 0 Å². The lowest BCUT2D eigenvalue weighted by molar-refractivity contribution is 0.669. The van der Waals surface area contributed by atoms with E-state index in [2.05, 4.69) is 194 Å². The fourth-order valence-corrected chi connectivity index (χ4v) is 9.44. The Kier molecular flexibility index (Phi) is 6.40. The number of furan rings is 1. The molecule has 1 heterocycles. The molecule has 0 N–H and O–H groups in total. The number of fused-ring (bicyclic) bond motifs is 11. The molecule has 12 rings (SSSR count). The summed E-state index contributed by atoms with van der Waals surface area (Å²) < 4.78 is 6.77. The largest absolute Gasteiger partial charge is 0.456 e. The van der Waals surface area contributed by atoms with Gasteiger partial charge in [-0.25, -0.2) is 0 Å². The van der Waals surface area contributed by atoms with Crippen molar-refractivity contribution in [3.05, 3.63) is 194 Å². The van der Waals surface area contributed by atoms with Crippen molar-refractivity contribution in [3.8, 4) is 33.4 Å². The van der Waals surface area contributed by atoms with Crippen LogP contribution in [-0.2, 0) is 0 Å². The first-order chi connectivity index (χ1) is 27.3. The van der Waals surface area contributed by atoms with Gasteiger partial charge in [-0.15, -0.1) is 0 Å². The zero-order chi connectivity index (χ0) is 36.0. The molecule has 55 heavy (non-hydrogen) atoms. The van der Waals surface area contributed by atoms with Crippen molar-refractivity contribution in [1.82, 2.24) is 0 Å². The van der Waals surface area contributed by atoms with Crippen LogP contribution in [0.1, 0.15) is 0 Å². The maximum atomic E-state index is 6.77. The van der Waals surface area contributed by atoms with Crippen LogP contribution in [0.4, 0.5) is 0 Å². The molecule has 11 aromatic carbocycles. The van der Waals surface area contributed by atoms with Crippen molar-refractivity contribution >= 4 is 86.6 Å². The van der Waals surface area contributed by atoms with Gasteiger partial charge in [0, 0.05) is 10.8 Å². The summed E-state index contributed by atoms with van der Waals surface area (Å²) in [6.45, 7) is 0.